The van der Waals surface area contributed by atoms with Gasteiger partial charge in [0.05, 0.1) is 4.92 Å². The van der Waals surface area contributed by atoms with Crippen molar-refractivity contribution in [2.24, 2.45) is 0 Å². The van der Waals surface area contributed by atoms with Crippen LogP contribution in [0.2, 0.25) is 0 Å². The number of para-hydroxylation sites is 1. The van der Waals surface area contributed by atoms with E-state index in [9.17, 15) is 14.9 Å². The SMILES string of the molecule is O=C(Oc1ccc(S)cc1)c1ccccc1[N+](=O)[O-]. The molecule has 96 valence electrons. The van der Waals surface area contributed by atoms with E-state index in [1.54, 1.807) is 30.3 Å². The molecular formula is C13H9NO4S. The third-order valence-corrected chi connectivity index (χ3v) is 2.67. The van der Waals surface area contributed by atoms with Crippen LogP contribution in [0.3, 0.4) is 0 Å². The van der Waals surface area contributed by atoms with Crippen LogP contribution in [0.1, 0.15) is 10.4 Å². The summed E-state index contributed by atoms with van der Waals surface area (Å²) < 4.78 is 5.07. The summed E-state index contributed by atoms with van der Waals surface area (Å²) in [5.74, 6) is -0.458. The summed E-state index contributed by atoms with van der Waals surface area (Å²) in [6, 6.07) is 12.1. The van der Waals surface area contributed by atoms with Gasteiger partial charge in [-0.05, 0) is 30.3 Å². The molecule has 5 nitrogen and oxygen atoms in total. The van der Waals surface area contributed by atoms with E-state index in [4.69, 9.17) is 4.74 Å². The van der Waals surface area contributed by atoms with Crippen LogP contribution in [0.5, 0.6) is 5.75 Å². The molecule has 0 bridgehead atoms. The molecule has 0 N–H and O–H groups in total. The van der Waals surface area contributed by atoms with Crippen molar-refractivity contribution in [3.63, 3.8) is 0 Å². The van der Waals surface area contributed by atoms with Gasteiger partial charge >= 0.3 is 5.97 Å². The van der Waals surface area contributed by atoms with Gasteiger partial charge in [-0.3, -0.25) is 10.1 Å². The zero-order valence-corrected chi connectivity index (χ0v) is 10.5. The van der Waals surface area contributed by atoms with Crippen LogP contribution < -0.4 is 4.74 Å². The smallest absolute Gasteiger partial charge is 0.350 e. The Labute approximate surface area is 114 Å². The minimum atomic E-state index is -0.765. The first-order chi connectivity index (χ1) is 9.08. The number of benzene rings is 2. The summed E-state index contributed by atoms with van der Waals surface area (Å²) in [7, 11) is 0. The topological polar surface area (TPSA) is 69.4 Å². The maximum atomic E-state index is 11.9. The van der Waals surface area contributed by atoms with E-state index in [0.717, 1.165) is 4.90 Å². The normalized spacial score (nSPS) is 9.95. The van der Waals surface area contributed by atoms with E-state index in [2.05, 4.69) is 12.6 Å². The predicted molar refractivity (Wildman–Crippen MR) is 71.7 cm³/mol. The number of carbonyl (C=O) groups is 1. The number of nitro groups is 1. The minimum Gasteiger partial charge on any atom is -0.423 e. The number of nitro benzene ring substituents is 1. The Bertz CT molecular complexity index is 625. The van der Waals surface area contributed by atoms with Crippen molar-refractivity contribution < 1.29 is 14.5 Å². The van der Waals surface area contributed by atoms with Crippen LogP contribution in [0.15, 0.2) is 53.4 Å². The Morgan fingerprint density at radius 1 is 1.11 bits per heavy atom. The van der Waals surface area contributed by atoms with E-state index in [1.165, 1.54) is 18.2 Å². The average molecular weight is 275 g/mol. The Kier molecular flexibility index (Phi) is 3.82. The molecule has 0 fully saturated rings. The second-order valence-corrected chi connectivity index (χ2v) is 4.17. The maximum absolute atomic E-state index is 11.9. The molecule has 0 spiro atoms. The van der Waals surface area contributed by atoms with Crippen molar-refractivity contribution in [3.05, 3.63) is 64.2 Å². The summed E-state index contributed by atoms with van der Waals surface area (Å²) in [5, 5.41) is 10.8. The molecule has 0 radical (unpaired) electrons. The average Bonchev–Trinajstić information content (AvgIpc) is 2.41. The highest BCUT2D eigenvalue weighted by molar-refractivity contribution is 7.80. The number of thiol groups is 1. The fourth-order valence-electron chi connectivity index (χ4n) is 1.48. The Hall–Kier alpha value is -2.34. The lowest BCUT2D eigenvalue weighted by atomic mass is 10.2. The van der Waals surface area contributed by atoms with Crippen molar-refractivity contribution in [1.29, 1.82) is 0 Å². The molecule has 0 heterocycles. The van der Waals surface area contributed by atoms with Crippen LogP contribution in [0.4, 0.5) is 5.69 Å². The van der Waals surface area contributed by atoms with Gasteiger partial charge in [-0.25, -0.2) is 4.79 Å². The third kappa shape index (κ3) is 3.11. The molecule has 2 rings (SSSR count). The first kappa shape index (κ1) is 13.1. The zero-order valence-electron chi connectivity index (χ0n) is 9.65. The molecule has 0 aliphatic rings. The fraction of sp³-hybridized carbons (Fsp3) is 0. The van der Waals surface area contributed by atoms with Crippen molar-refractivity contribution in [1.82, 2.24) is 0 Å². The molecule has 2 aromatic carbocycles. The standard InChI is InChI=1S/C13H9NO4S/c15-13(18-9-5-7-10(19)8-6-9)11-3-1-2-4-12(11)14(16)17/h1-8,19H. The van der Waals surface area contributed by atoms with Crippen LogP contribution in [0.25, 0.3) is 0 Å². The fourth-order valence-corrected chi connectivity index (χ4v) is 1.63. The number of hydrogen-bond donors (Lipinski definition) is 1. The monoisotopic (exact) mass is 275 g/mol. The Morgan fingerprint density at radius 3 is 2.37 bits per heavy atom. The first-order valence-electron chi connectivity index (χ1n) is 5.32. The van der Waals surface area contributed by atoms with E-state index in [0.29, 0.717) is 5.75 Å². The molecule has 0 saturated carbocycles. The van der Waals surface area contributed by atoms with Crippen LogP contribution in [-0.4, -0.2) is 10.9 Å². The molecule has 0 aliphatic carbocycles. The Morgan fingerprint density at radius 2 is 1.74 bits per heavy atom. The van der Waals surface area contributed by atoms with Gasteiger partial charge in [0.2, 0.25) is 0 Å². The second kappa shape index (κ2) is 5.53. The molecule has 19 heavy (non-hydrogen) atoms. The van der Waals surface area contributed by atoms with Gasteiger partial charge in [0.15, 0.2) is 0 Å². The second-order valence-electron chi connectivity index (χ2n) is 3.66. The van der Waals surface area contributed by atoms with E-state index >= 15 is 0 Å². The van der Waals surface area contributed by atoms with Crippen LogP contribution in [0, 0.1) is 10.1 Å². The third-order valence-electron chi connectivity index (χ3n) is 2.37. The van der Waals surface area contributed by atoms with E-state index in [1.807, 2.05) is 0 Å². The van der Waals surface area contributed by atoms with Crippen molar-refractivity contribution >= 4 is 24.3 Å². The van der Waals surface area contributed by atoms with E-state index < -0.39 is 10.9 Å². The van der Waals surface area contributed by atoms with Crippen molar-refractivity contribution in [3.8, 4) is 5.75 Å². The number of rotatable bonds is 3. The molecule has 0 amide bonds. The van der Waals surface area contributed by atoms with Crippen LogP contribution in [-0.2, 0) is 0 Å². The van der Waals surface area contributed by atoms with Gasteiger partial charge < -0.3 is 4.74 Å². The summed E-state index contributed by atoms with van der Waals surface area (Å²) in [5.41, 5.74) is -0.360. The number of carbonyl (C=O) groups excluding carboxylic acids is 1. The minimum absolute atomic E-state index is 0.0811. The first-order valence-corrected chi connectivity index (χ1v) is 5.77. The maximum Gasteiger partial charge on any atom is 0.350 e. The van der Waals surface area contributed by atoms with E-state index in [-0.39, 0.29) is 11.3 Å². The van der Waals surface area contributed by atoms with Crippen molar-refractivity contribution in [2.45, 2.75) is 4.90 Å². The summed E-state index contributed by atoms with van der Waals surface area (Å²) in [4.78, 5) is 22.8. The molecule has 2 aromatic rings. The van der Waals surface area contributed by atoms with Gasteiger partial charge in [-0.2, -0.15) is 0 Å². The lowest BCUT2D eigenvalue weighted by Gasteiger charge is -2.04. The quantitative estimate of drug-likeness (QED) is 0.307. The molecule has 0 unspecified atom stereocenters. The number of ether oxygens (including phenoxy) is 1. The van der Waals surface area contributed by atoms with Crippen LogP contribution >= 0.6 is 12.6 Å². The zero-order chi connectivity index (χ0) is 13.8. The van der Waals surface area contributed by atoms with Gasteiger partial charge in [0, 0.05) is 11.0 Å². The molecule has 0 atom stereocenters. The summed E-state index contributed by atoms with van der Waals surface area (Å²) in [6.45, 7) is 0. The highest BCUT2D eigenvalue weighted by Crippen LogP contribution is 2.21. The number of nitrogens with zero attached hydrogens (tertiary/aromatic N) is 1. The predicted octanol–water partition coefficient (Wildman–Crippen LogP) is 3.10. The highest BCUT2D eigenvalue weighted by atomic mass is 32.1. The number of esters is 1. The Balaban J connectivity index is 2.25. The molecule has 0 aliphatic heterocycles. The lowest BCUT2D eigenvalue weighted by Crippen LogP contribution is -2.10. The highest BCUT2D eigenvalue weighted by Gasteiger charge is 2.20. The van der Waals surface area contributed by atoms with Gasteiger partial charge in [0.1, 0.15) is 11.3 Å². The molecule has 0 saturated heterocycles. The largest absolute Gasteiger partial charge is 0.423 e. The van der Waals surface area contributed by atoms with Crippen molar-refractivity contribution in [2.75, 3.05) is 0 Å². The van der Waals surface area contributed by atoms with Gasteiger partial charge in [-0.1, -0.05) is 12.1 Å². The van der Waals surface area contributed by atoms with Gasteiger partial charge in [-0.15, -0.1) is 12.6 Å². The molecule has 0 aromatic heterocycles. The van der Waals surface area contributed by atoms with Gasteiger partial charge in [0.25, 0.3) is 5.69 Å². The summed E-state index contributed by atoms with van der Waals surface area (Å²) >= 11 is 4.11. The molecular weight excluding hydrogens is 266 g/mol. The summed E-state index contributed by atoms with van der Waals surface area (Å²) in [6.07, 6.45) is 0. The lowest BCUT2D eigenvalue weighted by molar-refractivity contribution is -0.385. The molecule has 6 heteroatoms. The number of hydrogen-bond acceptors (Lipinski definition) is 5.